The number of carbonyl (C=O) groups is 1. The van der Waals surface area contributed by atoms with E-state index in [-0.39, 0.29) is 23.4 Å². The standard InChI is InChI=1S/C16H21FN2O3/c17-13-9-12(20)5-6-14(13)18-16(21)15-10-22-8-7-19(15)11-3-1-2-4-11/h5-6,9,11,15,20H,1-4,7-8,10H2,(H,18,21)/t15-/m0/s1. The Balaban J connectivity index is 1.71. The largest absolute Gasteiger partial charge is 0.508 e. The van der Waals surface area contributed by atoms with Gasteiger partial charge in [0.05, 0.1) is 18.9 Å². The summed E-state index contributed by atoms with van der Waals surface area (Å²) in [4.78, 5) is 14.7. The average molecular weight is 308 g/mol. The maximum atomic E-state index is 13.8. The summed E-state index contributed by atoms with van der Waals surface area (Å²) in [6, 6.07) is 3.74. The number of carbonyl (C=O) groups excluding carboxylic acids is 1. The number of benzene rings is 1. The topological polar surface area (TPSA) is 61.8 Å². The van der Waals surface area contributed by atoms with Crippen molar-refractivity contribution in [2.24, 2.45) is 0 Å². The number of aromatic hydroxyl groups is 1. The van der Waals surface area contributed by atoms with Gasteiger partial charge in [-0.15, -0.1) is 0 Å². The molecule has 0 radical (unpaired) electrons. The number of nitrogens with zero attached hydrogens (tertiary/aromatic N) is 1. The third-order valence-corrected chi connectivity index (χ3v) is 4.48. The Bertz CT molecular complexity index is 546. The van der Waals surface area contributed by atoms with Gasteiger partial charge in [-0.1, -0.05) is 12.8 Å². The van der Waals surface area contributed by atoms with Gasteiger partial charge in [0.1, 0.15) is 17.6 Å². The highest BCUT2D eigenvalue weighted by Crippen LogP contribution is 2.27. The van der Waals surface area contributed by atoms with Gasteiger partial charge in [0, 0.05) is 18.7 Å². The fourth-order valence-corrected chi connectivity index (χ4v) is 3.34. The maximum absolute atomic E-state index is 13.8. The molecule has 2 fully saturated rings. The molecule has 1 saturated heterocycles. The van der Waals surface area contributed by atoms with Crippen LogP contribution < -0.4 is 5.32 Å². The summed E-state index contributed by atoms with van der Waals surface area (Å²) in [5, 5.41) is 11.8. The number of anilines is 1. The molecule has 1 atom stereocenters. The van der Waals surface area contributed by atoms with Crippen LogP contribution in [0.15, 0.2) is 18.2 Å². The fourth-order valence-electron chi connectivity index (χ4n) is 3.34. The van der Waals surface area contributed by atoms with Crippen molar-refractivity contribution in [2.45, 2.75) is 37.8 Å². The van der Waals surface area contributed by atoms with Gasteiger partial charge in [-0.3, -0.25) is 9.69 Å². The lowest BCUT2D eigenvalue weighted by molar-refractivity contribution is -0.129. The Kier molecular flexibility index (Phi) is 4.59. The van der Waals surface area contributed by atoms with Crippen LogP contribution in [-0.4, -0.2) is 47.8 Å². The third-order valence-electron chi connectivity index (χ3n) is 4.48. The number of ether oxygens (including phenoxy) is 1. The predicted molar refractivity (Wildman–Crippen MR) is 80.3 cm³/mol. The van der Waals surface area contributed by atoms with Crippen molar-refractivity contribution in [3.8, 4) is 5.75 Å². The smallest absolute Gasteiger partial charge is 0.244 e. The van der Waals surface area contributed by atoms with Crippen molar-refractivity contribution in [1.82, 2.24) is 4.90 Å². The van der Waals surface area contributed by atoms with Gasteiger partial charge in [-0.25, -0.2) is 4.39 Å². The molecular formula is C16H21FN2O3. The summed E-state index contributed by atoms with van der Waals surface area (Å²) in [5.41, 5.74) is 0.0831. The van der Waals surface area contributed by atoms with Crippen molar-refractivity contribution < 1.29 is 19.0 Å². The molecule has 1 saturated carbocycles. The molecule has 0 unspecified atom stereocenters. The van der Waals surface area contributed by atoms with Gasteiger partial charge in [0.2, 0.25) is 5.91 Å². The lowest BCUT2D eigenvalue weighted by atomic mass is 10.1. The van der Waals surface area contributed by atoms with Gasteiger partial charge < -0.3 is 15.2 Å². The number of amides is 1. The normalized spacial score (nSPS) is 23.6. The van der Waals surface area contributed by atoms with Crippen LogP contribution in [0.2, 0.25) is 0 Å². The molecule has 0 bridgehead atoms. The molecule has 1 heterocycles. The van der Waals surface area contributed by atoms with Crippen LogP contribution in [0, 0.1) is 5.82 Å². The van der Waals surface area contributed by atoms with E-state index in [2.05, 4.69) is 10.2 Å². The predicted octanol–water partition coefficient (Wildman–Crippen LogP) is 2.11. The second-order valence-corrected chi connectivity index (χ2v) is 5.92. The minimum Gasteiger partial charge on any atom is -0.508 e. The third kappa shape index (κ3) is 3.23. The minimum atomic E-state index is -0.641. The molecule has 1 aromatic rings. The van der Waals surface area contributed by atoms with Crippen molar-refractivity contribution in [2.75, 3.05) is 25.1 Å². The second-order valence-electron chi connectivity index (χ2n) is 5.92. The van der Waals surface area contributed by atoms with E-state index in [1.54, 1.807) is 0 Å². The number of hydrogen-bond acceptors (Lipinski definition) is 4. The molecule has 1 aromatic carbocycles. The van der Waals surface area contributed by atoms with E-state index in [1.807, 2.05) is 0 Å². The number of phenols is 1. The van der Waals surface area contributed by atoms with Gasteiger partial charge in [-0.2, -0.15) is 0 Å². The molecule has 120 valence electrons. The first-order chi connectivity index (χ1) is 10.6. The van der Waals surface area contributed by atoms with Crippen LogP contribution >= 0.6 is 0 Å². The Morgan fingerprint density at radius 1 is 1.36 bits per heavy atom. The van der Waals surface area contributed by atoms with Crippen LogP contribution in [-0.2, 0) is 9.53 Å². The van der Waals surface area contributed by atoms with Gasteiger partial charge in [-0.05, 0) is 25.0 Å². The molecule has 0 aromatic heterocycles. The van der Waals surface area contributed by atoms with Crippen LogP contribution in [0.1, 0.15) is 25.7 Å². The fraction of sp³-hybridized carbons (Fsp3) is 0.562. The molecule has 1 amide bonds. The number of phenolic OH excluding ortho intramolecular Hbond substituents is 1. The van der Waals surface area contributed by atoms with Crippen molar-refractivity contribution in [3.05, 3.63) is 24.0 Å². The number of morpholine rings is 1. The summed E-state index contributed by atoms with van der Waals surface area (Å²) < 4.78 is 19.2. The Morgan fingerprint density at radius 2 is 2.14 bits per heavy atom. The lowest BCUT2D eigenvalue weighted by Gasteiger charge is -2.38. The Morgan fingerprint density at radius 3 is 2.86 bits per heavy atom. The van der Waals surface area contributed by atoms with Crippen molar-refractivity contribution in [3.63, 3.8) is 0 Å². The molecule has 1 aliphatic heterocycles. The molecule has 5 nitrogen and oxygen atoms in total. The average Bonchev–Trinajstić information content (AvgIpc) is 3.04. The summed E-state index contributed by atoms with van der Waals surface area (Å²) in [6.07, 6.45) is 4.61. The highest BCUT2D eigenvalue weighted by molar-refractivity contribution is 5.95. The number of nitrogens with one attached hydrogen (secondary N) is 1. The summed E-state index contributed by atoms with van der Waals surface area (Å²) >= 11 is 0. The highest BCUT2D eigenvalue weighted by atomic mass is 19.1. The molecule has 1 aliphatic carbocycles. The summed E-state index contributed by atoms with van der Waals surface area (Å²) in [5.74, 6) is -1.06. The molecule has 2 N–H and O–H groups in total. The number of hydrogen-bond donors (Lipinski definition) is 2. The Hall–Kier alpha value is -1.66. The number of halogens is 1. The van der Waals surface area contributed by atoms with Gasteiger partial charge in [0.15, 0.2) is 0 Å². The first-order valence-corrected chi connectivity index (χ1v) is 7.78. The zero-order valence-electron chi connectivity index (χ0n) is 12.4. The van der Waals surface area contributed by atoms with Gasteiger partial charge >= 0.3 is 0 Å². The van der Waals surface area contributed by atoms with E-state index in [9.17, 15) is 14.3 Å². The molecule has 22 heavy (non-hydrogen) atoms. The van der Waals surface area contributed by atoms with E-state index in [0.717, 1.165) is 25.5 Å². The first-order valence-electron chi connectivity index (χ1n) is 7.78. The first kappa shape index (κ1) is 15.2. The van der Waals surface area contributed by atoms with E-state index in [0.29, 0.717) is 19.3 Å². The van der Waals surface area contributed by atoms with E-state index < -0.39 is 5.82 Å². The lowest BCUT2D eigenvalue weighted by Crippen LogP contribution is -2.55. The Labute approximate surface area is 129 Å². The van der Waals surface area contributed by atoms with Crippen LogP contribution in [0.4, 0.5) is 10.1 Å². The summed E-state index contributed by atoms with van der Waals surface area (Å²) in [7, 11) is 0. The number of rotatable bonds is 3. The minimum absolute atomic E-state index is 0.0831. The van der Waals surface area contributed by atoms with Crippen LogP contribution in [0.25, 0.3) is 0 Å². The van der Waals surface area contributed by atoms with Crippen molar-refractivity contribution >= 4 is 11.6 Å². The van der Waals surface area contributed by atoms with E-state index in [1.165, 1.54) is 25.0 Å². The molecule has 3 rings (SSSR count). The van der Waals surface area contributed by atoms with Crippen molar-refractivity contribution in [1.29, 1.82) is 0 Å². The van der Waals surface area contributed by atoms with E-state index in [4.69, 9.17) is 4.74 Å². The monoisotopic (exact) mass is 308 g/mol. The molecule has 0 spiro atoms. The van der Waals surface area contributed by atoms with Gasteiger partial charge in [0.25, 0.3) is 0 Å². The second kappa shape index (κ2) is 6.62. The summed E-state index contributed by atoms with van der Waals surface area (Å²) in [6.45, 7) is 1.71. The molecular weight excluding hydrogens is 287 g/mol. The SMILES string of the molecule is O=C(Nc1ccc(O)cc1F)[C@@H]1COCCN1C1CCCC1. The zero-order chi connectivity index (χ0) is 15.5. The van der Waals surface area contributed by atoms with E-state index >= 15 is 0 Å². The van der Waals surface area contributed by atoms with Crippen LogP contribution in [0.3, 0.4) is 0 Å². The van der Waals surface area contributed by atoms with Crippen LogP contribution in [0.5, 0.6) is 5.75 Å². The maximum Gasteiger partial charge on any atom is 0.244 e. The molecule has 2 aliphatic rings. The molecule has 6 heteroatoms. The quantitative estimate of drug-likeness (QED) is 0.840. The highest BCUT2D eigenvalue weighted by Gasteiger charge is 2.35. The zero-order valence-corrected chi connectivity index (χ0v) is 12.4.